The Hall–Kier alpha value is -1.30. The first-order chi connectivity index (χ1) is 6.63. The molecule has 0 aliphatic carbocycles. The van der Waals surface area contributed by atoms with Crippen LogP contribution < -0.4 is 0 Å². The van der Waals surface area contributed by atoms with E-state index < -0.39 is 0 Å². The maximum absolute atomic E-state index is 3.85. The molecule has 0 nitrogen and oxygen atoms in total. The van der Waals surface area contributed by atoms with Crippen LogP contribution in [0, 0.1) is 12.8 Å². The first-order valence-corrected chi connectivity index (χ1v) is 5.04. The standard InChI is InChI=1S/C14H18/c1-5-13(9-11(2)3)14-8-6-7-12(4)10-14/h5-11H,1H2,2-4H3/b13-9+. The Morgan fingerprint density at radius 3 is 2.57 bits per heavy atom. The number of aryl methyl sites for hydroxylation is 1. The van der Waals surface area contributed by atoms with Crippen molar-refractivity contribution in [3.63, 3.8) is 0 Å². The second-order valence-corrected chi connectivity index (χ2v) is 3.94. The molecule has 0 radical (unpaired) electrons. The number of hydrogen-bond donors (Lipinski definition) is 0. The van der Waals surface area contributed by atoms with Gasteiger partial charge in [-0.05, 0) is 24.0 Å². The Morgan fingerprint density at radius 2 is 2.07 bits per heavy atom. The quantitative estimate of drug-likeness (QED) is 0.620. The lowest BCUT2D eigenvalue weighted by atomic mass is 10.0. The summed E-state index contributed by atoms with van der Waals surface area (Å²) in [5, 5.41) is 0. The molecule has 0 aliphatic rings. The molecule has 0 saturated heterocycles. The molecule has 0 fully saturated rings. The van der Waals surface area contributed by atoms with Gasteiger partial charge in [0.2, 0.25) is 0 Å². The lowest BCUT2D eigenvalue weighted by molar-refractivity contribution is 0.834. The average Bonchev–Trinajstić information content (AvgIpc) is 2.14. The lowest BCUT2D eigenvalue weighted by Crippen LogP contribution is -1.86. The highest BCUT2D eigenvalue weighted by atomic mass is 14.0. The molecule has 1 aromatic carbocycles. The molecule has 0 atom stereocenters. The van der Waals surface area contributed by atoms with E-state index in [0.29, 0.717) is 5.92 Å². The maximum atomic E-state index is 3.85. The van der Waals surface area contributed by atoms with Crippen LogP contribution in [-0.4, -0.2) is 0 Å². The molecule has 1 aromatic rings. The van der Waals surface area contributed by atoms with Crippen LogP contribution in [0.3, 0.4) is 0 Å². The van der Waals surface area contributed by atoms with Crippen LogP contribution in [-0.2, 0) is 0 Å². The molecule has 0 bridgehead atoms. The summed E-state index contributed by atoms with van der Waals surface area (Å²) in [6, 6.07) is 8.51. The molecule has 0 unspecified atom stereocenters. The largest absolute Gasteiger partial charge is 0.0985 e. The highest BCUT2D eigenvalue weighted by molar-refractivity contribution is 5.73. The Kier molecular flexibility index (Phi) is 3.70. The fourth-order valence-electron chi connectivity index (χ4n) is 1.47. The van der Waals surface area contributed by atoms with E-state index in [4.69, 9.17) is 0 Å². The van der Waals surface area contributed by atoms with Gasteiger partial charge in [0.05, 0.1) is 0 Å². The molecular weight excluding hydrogens is 168 g/mol. The van der Waals surface area contributed by atoms with E-state index in [2.05, 4.69) is 57.7 Å². The topological polar surface area (TPSA) is 0 Å². The Bertz CT molecular complexity index is 343. The van der Waals surface area contributed by atoms with Crippen molar-refractivity contribution in [2.45, 2.75) is 20.8 Å². The van der Waals surface area contributed by atoms with Gasteiger partial charge in [-0.3, -0.25) is 0 Å². The molecular formula is C14H18. The molecule has 0 heteroatoms. The van der Waals surface area contributed by atoms with Crippen LogP contribution in [0.2, 0.25) is 0 Å². The van der Waals surface area contributed by atoms with Gasteiger partial charge in [-0.25, -0.2) is 0 Å². The van der Waals surface area contributed by atoms with Crippen LogP contribution in [0.25, 0.3) is 5.57 Å². The summed E-state index contributed by atoms with van der Waals surface area (Å²) in [6.07, 6.45) is 4.16. The van der Waals surface area contributed by atoms with Crippen molar-refractivity contribution >= 4 is 5.57 Å². The van der Waals surface area contributed by atoms with Crippen molar-refractivity contribution in [2.24, 2.45) is 5.92 Å². The lowest BCUT2D eigenvalue weighted by Gasteiger charge is -2.05. The fraction of sp³-hybridized carbons (Fsp3) is 0.286. The van der Waals surface area contributed by atoms with E-state index in [9.17, 15) is 0 Å². The van der Waals surface area contributed by atoms with Crippen molar-refractivity contribution in [2.75, 3.05) is 0 Å². The smallest absolute Gasteiger partial charge is 0.0185 e. The van der Waals surface area contributed by atoms with E-state index in [1.165, 1.54) is 16.7 Å². The SMILES string of the molecule is C=C/C(=C\C(C)C)c1cccc(C)c1. The van der Waals surface area contributed by atoms with Crippen LogP contribution in [0.4, 0.5) is 0 Å². The Labute approximate surface area is 87.0 Å². The average molecular weight is 186 g/mol. The predicted octanol–water partition coefficient (Wildman–Crippen LogP) is 4.22. The minimum Gasteiger partial charge on any atom is -0.0985 e. The third kappa shape index (κ3) is 2.88. The summed E-state index contributed by atoms with van der Waals surface area (Å²) < 4.78 is 0. The third-order valence-electron chi connectivity index (χ3n) is 2.08. The van der Waals surface area contributed by atoms with Gasteiger partial charge in [0.25, 0.3) is 0 Å². The second kappa shape index (κ2) is 4.80. The van der Waals surface area contributed by atoms with Gasteiger partial charge in [0, 0.05) is 0 Å². The molecule has 0 saturated carbocycles. The highest BCUT2D eigenvalue weighted by Crippen LogP contribution is 2.18. The molecule has 0 amide bonds. The van der Waals surface area contributed by atoms with Crippen LogP contribution in [0.5, 0.6) is 0 Å². The molecule has 1 rings (SSSR count). The summed E-state index contributed by atoms with van der Waals surface area (Å²) in [5.41, 5.74) is 3.77. The summed E-state index contributed by atoms with van der Waals surface area (Å²) in [4.78, 5) is 0. The summed E-state index contributed by atoms with van der Waals surface area (Å²) >= 11 is 0. The highest BCUT2D eigenvalue weighted by Gasteiger charge is 1.98. The summed E-state index contributed by atoms with van der Waals surface area (Å²) in [6.45, 7) is 10.3. The van der Waals surface area contributed by atoms with E-state index >= 15 is 0 Å². The molecule has 14 heavy (non-hydrogen) atoms. The zero-order chi connectivity index (χ0) is 10.6. The number of benzene rings is 1. The molecule has 0 aromatic heterocycles. The fourth-order valence-corrected chi connectivity index (χ4v) is 1.47. The predicted molar refractivity (Wildman–Crippen MR) is 64.2 cm³/mol. The van der Waals surface area contributed by atoms with E-state index in [1.807, 2.05) is 6.08 Å². The van der Waals surface area contributed by atoms with E-state index in [0.717, 1.165) is 0 Å². The van der Waals surface area contributed by atoms with Gasteiger partial charge in [0.1, 0.15) is 0 Å². The molecule has 0 aliphatic heterocycles. The molecule has 0 heterocycles. The molecule has 0 N–H and O–H groups in total. The minimum absolute atomic E-state index is 0.559. The summed E-state index contributed by atoms with van der Waals surface area (Å²) in [5.74, 6) is 0.559. The van der Waals surface area contributed by atoms with Crippen molar-refractivity contribution in [3.05, 3.63) is 54.1 Å². The maximum Gasteiger partial charge on any atom is -0.0185 e. The van der Waals surface area contributed by atoms with E-state index in [-0.39, 0.29) is 0 Å². The Morgan fingerprint density at radius 1 is 1.36 bits per heavy atom. The second-order valence-electron chi connectivity index (χ2n) is 3.94. The first-order valence-electron chi connectivity index (χ1n) is 5.04. The van der Waals surface area contributed by atoms with Gasteiger partial charge in [-0.15, -0.1) is 0 Å². The van der Waals surface area contributed by atoms with Crippen molar-refractivity contribution in [3.8, 4) is 0 Å². The third-order valence-corrected chi connectivity index (χ3v) is 2.08. The van der Waals surface area contributed by atoms with Gasteiger partial charge >= 0.3 is 0 Å². The normalized spacial score (nSPS) is 11.9. The monoisotopic (exact) mass is 186 g/mol. The minimum atomic E-state index is 0.559. The van der Waals surface area contributed by atoms with Crippen LogP contribution in [0.1, 0.15) is 25.0 Å². The number of allylic oxidation sites excluding steroid dienone is 3. The van der Waals surface area contributed by atoms with E-state index in [1.54, 1.807) is 0 Å². The van der Waals surface area contributed by atoms with Gasteiger partial charge in [0.15, 0.2) is 0 Å². The van der Waals surface area contributed by atoms with Gasteiger partial charge in [-0.1, -0.05) is 62.4 Å². The van der Waals surface area contributed by atoms with Crippen LogP contribution >= 0.6 is 0 Å². The number of hydrogen-bond acceptors (Lipinski definition) is 0. The summed E-state index contributed by atoms with van der Waals surface area (Å²) in [7, 11) is 0. The zero-order valence-corrected chi connectivity index (χ0v) is 9.25. The Balaban J connectivity index is 3.07. The van der Waals surface area contributed by atoms with Crippen molar-refractivity contribution in [1.82, 2.24) is 0 Å². The van der Waals surface area contributed by atoms with Crippen molar-refractivity contribution < 1.29 is 0 Å². The zero-order valence-electron chi connectivity index (χ0n) is 9.25. The number of rotatable bonds is 3. The molecule has 0 spiro atoms. The first kappa shape index (κ1) is 10.8. The van der Waals surface area contributed by atoms with Crippen LogP contribution in [0.15, 0.2) is 43.0 Å². The van der Waals surface area contributed by atoms with Gasteiger partial charge in [-0.2, -0.15) is 0 Å². The van der Waals surface area contributed by atoms with Gasteiger partial charge < -0.3 is 0 Å². The molecule has 74 valence electrons. The van der Waals surface area contributed by atoms with Crippen molar-refractivity contribution in [1.29, 1.82) is 0 Å².